The molecule has 0 N–H and O–H groups in total. The fourth-order valence-corrected chi connectivity index (χ4v) is 1.33. The molecule has 4 heteroatoms. The van der Waals surface area contributed by atoms with Crippen molar-refractivity contribution >= 4 is 6.08 Å². The molecule has 0 aliphatic heterocycles. The molecule has 0 bridgehead atoms. The number of rotatable bonds is 6. The predicted molar refractivity (Wildman–Crippen MR) is 66.2 cm³/mol. The Kier molecular flexibility index (Phi) is 5.66. The third-order valence-electron chi connectivity index (χ3n) is 2.43. The summed E-state index contributed by atoms with van der Waals surface area (Å²) in [4.78, 5) is 4.97. The SMILES string of the molecule is COc1ccc(/C=C/CCN(C)OC)c(F)c1. The Bertz CT molecular complexity index is 380. The summed E-state index contributed by atoms with van der Waals surface area (Å²) in [6.45, 7) is 0.769. The molecule has 3 nitrogen and oxygen atoms in total. The second-order valence-corrected chi connectivity index (χ2v) is 3.61. The van der Waals surface area contributed by atoms with Gasteiger partial charge in [-0.25, -0.2) is 4.39 Å². The molecule has 0 heterocycles. The van der Waals surface area contributed by atoms with Gasteiger partial charge >= 0.3 is 0 Å². The lowest BCUT2D eigenvalue weighted by Gasteiger charge is -2.10. The largest absolute Gasteiger partial charge is 0.497 e. The monoisotopic (exact) mass is 239 g/mol. The normalized spacial score (nSPS) is 11.4. The number of halogens is 1. The lowest BCUT2D eigenvalue weighted by atomic mass is 10.2. The van der Waals surface area contributed by atoms with E-state index in [9.17, 15) is 4.39 Å². The first kappa shape index (κ1) is 13.7. The second-order valence-electron chi connectivity index (χ2n) is 3.61. The Morgan fingerprint density at radius 3 is 2.71 bits per heavy atom. The molecule has 0 spiro atoms. The summed E-state index contributed by atoms with van der Waals surface area (Å²) in [5.74, 6) is 0.250. The molecule has 0 atom stereocenters. The van der Waals surface area contributed by atoms with E-state index >= 15 is 0 Å². The Labute approximate surface area is 101 Å². The molecule has 0 amide bonds. The highest BCUT2D eigenvalue weighted by molar-refractivity contribution is 5.51. The summed E-state index contributed by atoms with van der Waals surface area (Å²) in [6.07, 6.45) is 4.48. The van der Waals surface area contributed by atoms with Crippen LogP contribution in [0.3, 0.4) is 0 Å². The van der Waals surface area contributed by atoms with Gasteiger partial charge < -0.3 is 9.57 Å². The van der Waals surface area contributed by atoms with E-state index in [-0.39, 0.29) is 5.82 Å². The van der Waals surface area contributed by atoms with Crippen molar-refractivity contribution in [1.29, 1.82) is 0 Å². The minimum atomic E-state index is -0.277. The van der Waals surface area contributed by atoms with Crippen LogP contribution in [0, 0.1) is 5.82 Å². The minimum Gasteiger partial charge on any atom is -0.497 e. The van der Waals surface area contributed by atoms with Crippen LogP contribution < -0.4 is 4.74 Å². The molecule has 0 aliphatic rings. The number of benzene rings is 1. The molecule has 1 rings (SSSR count). The molecule has 17 heavy (non-hydrogen) atoms. The summed E-state index contributed by atoms with van der Waals surface area (Å²) in [6, 6.07) is 4.82. The van der Waals surface area contributed by atoms with E-state index in [4.69, 9.17) is 9.57 Å². The molecule has 0 saturated heterocycles. The number of methoxy groups -OCH3 is 1. The zero-order valence-electron chi connectivity index (χ0n) is 10.4. The Balaban J connectivity index is 2.53. The lowest BCUT2D eigenvalue weighted by Crippen LogP contribution is -2.16. The summed E-state index contributed by atoms with van der Waals surface area (Å²) < 4.78 is 18.5. The average Bonchev–Trinajstić information content (AvgIpc) is 2.35. The van der Waals surface area contributed by atoms with Crippen LogP contribution in [0.25, 0.3) is 6.08 Å². The highest BCUT2D eigenvalue weighted by Crippen LogP contribution is 2.17. The second kappa shape index (κ2) is 7.04. The standard InChI is InChI=1S/C13H18FNO2/c1-15(17-3)9-5-4-6-11-7-8-12(16-2)10-13(11)14/h4,6-8,10H,5,9H2,1-3H3/b6-4+. The number of hydroxylamine groups is 2. The Hall–Kier alpha value is -1.39. The molecule has 1 aromatic rings. The summed E-state index contributed by atoms with van der Waals surface area (Å²) in [5, 5.41) is 1.72. The molecule has 1 aromatic carbocycles. The number of hydrogen-bond donors (Lipinski definition) is 0. The van der Waals surface area contributed by atoms with E-state index < -0.39 is 0 Å². The van der Waals surface area contributed by atoms with Crippen LogP contribution in [0.2, 0.25) is 0 Å². The van der Waals surface area contributed by atoms with E-state index in [0.717, 1.165) is 13.0 Å². The van der Waals surface area contributed by atoms with Gasteiger partial charge in [0.25, 0.3) is 0 Å². The van der Waals surface area contributed by atoms with Gasteiger partial charge in [0.15, 0.2) is 0 Å². The van der Waals surface area contributed by atoms with E-state index in [1.165, 1.54) is 13.2 Å². The summed E-state index contributed by atoms with van der Waals surface area (Å²) in [7, 11) is 4.99. The van der Waals surface area contributed by atoms with Gasteiger partial charge in [0.2, 0.25) is 0 Å². The van der Waals surface area contributed by atoms with Gasteiger partial charge in [0.1, 0.15) is 11.6 Å². The third kappa shape index (κ3) is 4.54. The topological polar surface area (TPSA) is 21.7 Å². The van der Waals surface area contributed by atoms with Crippen molar-refractivity contribution in [2.45, 2.75) is 6.42 Å². The zero-order chi connectivity index (χ0) is 12.7. The maximum absolute atomic E-state index is 13.5. The van der Waals surface area contributed by atoms with Crippen LogP contribution in [-0.4, -0.2) is 32.9 Å². The van der Waals surface area contributed by atoms with E-state index in [1.54, 1.807) is 30.4 Å². The minimum absolute atomic E-state index is 0.277. The van der Waals surface area contributed by atoms with E-state index in [1.807, 2.05) is 13.1 Å². The first-order valence-corrected chi connectivity index (χ1v) is 5.42. The smallest absolute Gasteiger partial charge is 0.134 e. The van der Waals surface area contributed by atoms with Gasteiger partial charge in [-0.15, -0.1) is 0 Å². The molecule has 0 aromatic heterocycles. The molecule has 94 valence electrons. The van der Waals surface area contributed by atoms with Gasteiger partial charge in [-0.05, 0) is 18.6 Å². The van der Waals surface area contributed by atoms with Crippen molar-refractivity contribution in [3.8, 4) is 5.75 Å². The maximum Gasteiger partial charge on any atom is 0.134 e. The van der Waals surface area contributed by atoms with Crippen molar-refractivity contribution in [3.63, 3.8) is 0 Å². The summed E-state index contributed by atoms with van der Waals surface area (Å²) >= 11 is 0. The van der Waals surface area contributed by atoms with E-state index in [0.29, 0.717) is 11.3 Å². The van der Waals surface area contributed by atoms with Gasteiger partial charge in [-0.3, -0.25) is 0 Å². The highest BCUT2D eigenvalue weighted by atomic mass is 19.1. The van der Waals surface area contributed by atoms with Crippen LogP contribution in [0.4, 0.5) is 4.39 Å². The van der Waals surface area contributed by atoms with Crippen LogP contribution in [0.1, 0.15) is 12.0 Å². The van der Waals surface area contributed by atoms with Crippen molar-refractivity contribution in [2.24, 2.45) is 0 Å². The average molecular weight is 239 g/mol. The van der Waals surface area contributed by atoms with Crippen molar-refractivity contribution in [1.82, 2.24) is 5.06 Å². The summed E-state index contributed by atoms with van der Waals surface area (Å²) in [5.41, 5.74) is 0.561. The molecule has 0 unspecified atom stereocenters. The number of hydrogen-bond acceptors (Lipinski definition) is 3. The molecule has 0 fully saturated rings. The molecular formula is C13H18FNO2. The quantitative estimate of drug-likeness (QED) is 0.712. The van der Waals surface area contributed by atoms with Gasteiger partial charge in [0.05, 0.1) is 14.2 Å². The molecule has 0 aliphatic carbocycles. The van der Waals surface area contributed by atoms with Gasteiger partial charge in [0, 0.05) is 25.2 Å². The van der Waals surface area contributed by atoms with E-state index in [2.05, 4.69) is 0 Å². The van der Waals surface area contributed by atoms with Crippen molar-refractivity contribution in [3.05, 3.63) is 35.7 Å². The van der Waals surface area contributed by atoms with Crippen LogP contribution in [-0.2, 0) is 4.84 Å². The first-order valence-electron chi connectivity index (χ1n) is 5.42. The third-order valence-corrected chi connectivity index (χ3v) is 2.43. The lowest BCUT2D eigenvalue weighted by molar-refractivity contribution is -0.107. The first-order chi connectivity index (χ1) is 8.17. The number of ether oxygens (including phenoxy) is 1. The van der Waals surface area contributed by atoms with Crippen molar-refractivity contribution < 1.29 is 14.0 Å². The van der Waals surface area contributed by atoms with Crippen molar-refractivity contribution in [2.75, 3.05) is 27.8 Å². The van der Waals surface area contributed by atoms with Crippen LogP contribution >= 0.6 is 0 Å². The van der Waals surface area contributed by atoms with Crippen LogP contribution in [0.5, 0.6) is 5.75 Å². The molecule has 0 radical (unpaired) electrons. The maximum atomic E-state index is 13.5. The van der Waals surface area contributed by atoms with Gasteiger partial charge in [-0.1, -0.05) is 12.2 Å². The van der Waals surface area contributed by atoms with Gasteiger partial charge in [-0.2, -0.15) is 5.06 Å². The molecular weight excluding hydrogens is 221 g/mol. The Morgan fingerprint density at radius 2 is 2.12 bits per heavy atom. The van der Waals surface area contributed by atoms with Crippen LogP contribution in [0.15, 0.2) is 24.3 Å². The molecule has 0 saturated carbocycles. The highest BCUT2D eigenvalue weighted by Gasteiger charge is 2.00. The zero-order valence-corrected chi connectivity index (χ0v) is 10.4. The fraction of sp³-hybridized carbons (Fsp3) is 0.385. The fourth-order valence-electron chi connectivity index (χ4n) is 1.33. The number of nitrogens with zero attached hydrogens (tertiary/aromatic N) is 1. The predicted octanol–water partition coefficient (Wildman–Crippen LogP) is 2.73. The Morgan fingerprint density at radius 1 is 1.35 bits per heavy atom.